The molecule has 0 unspecified atom stereocenters. The van der Waals surface area contributed by atoms with Crippen LogP contribution in [0, 0.1) is 5.92 Å². The van der Waals surface area contributed by atoms with E-state index in [1.165, 1.54) is 10.6 Å². The molecular weight excluding hydrogens is 324 g/mol. The van der Waals surface area contributed by atoms with E-state index in [1.54, 1.807) is 24.3 Å². The number of carbonyl (C=O) groups is 1. The van der Waals surface area contributed by atoms with Gasteiger partial charge in [-0.2, -0.15) is 0 Å². The molecule has 0 aliphatic rings. The maximum absolute atomic E-state index is 11.9. The van der Waals surface area contributed by atoms with E-state index in [1.807, 2.05) is 13.8 Å². The van der Waals surface area contributed by atoms with Gasteiger partial charge in [-0.25, -0.2) is 12.7 Å². The topological polar surface area (TPSA) is 66.5 Å². The molecule has 5 nitrogen and oxygen atoms in total. The van der Waals surface area contributed by atoms with Crippen LogP contribution in [0.25, 0.3) is 0 Å². The molecule has 7 heteroatoms. The van der Waals surface area contributed by atoms with Crippen molar-refractivity contribution in [3.63, 3.8) is 0 Å². The van der Waals surface area contributed by atoms with Crippen molar-refractivity contribution >= 4 is 33.2 Å². The summed E-state index contributed by atoms with van der Waals surface area (Å²) in [7, 11) is -3.31. The lowest BCUT2D eigenvalue weighted by Gasteiger charge is -2.20. The first-order chi connectivity index (χ1) is 10.2. The Hall–Kier alpha value is -1.11. The van der Waals surface area contributed by atoms with Gasteiger partial charge in [-0.15, -0.1) is 0 Å². The summed E-state index contributed by atoms with van der Waals surface area (Å²) in [4.78, 5) is 11.9. The van der Waals surface area contributed by atoms with Crippen molar-refractivity contribution in [3.8, 4) is 0 Å². The predicted molar refractivity (Wildman–Crippen MR) is 90.6 cm³/mol. The number of nitrogens with one attached hydrogen (secondary N) is 1. The van der Waals surface area contributed by atoms with Gasteiger partial charge in [-0.3, -0.25) is 4.79 Å². The van der Waals surface area contributed by atoms with Gasteiger partial charge in [-0.05, 0) is 24.5 Å². The first kappa shape index (κ1) is 18.9. The summed E-state index contributed by atoms with van der Waals surface area (Å²) in [6.07, 6.45) is 2.02. The van der Waals surface area contributed by atoms with E-state index in [0.717, 1.165) is 6.42 Å². The lowest BCUT2D eigenvalue weighted by Crippen LogP contribution is -2.34. The molecule has 1 aromatic rings. The van der Waals surface area contributed by atoms with Gasteiger partial charge < -0.3 is 5.32 Å². The van der Waals surface area contributed by atoms with Crippen LogP contribution in [0.3, 0.4) is 0 Å². The van der Waals surface area contributed by atoms with Gasteiger partial charge in [0.15, 0.2) is 0 Å². The largest absolute Gasteiger partial charge is 0.325 e. The highest BCUT2D eigenvalue weighted by atomic mass is 35.5. The number of hydrogen-bond donors (Lipinski definition) is 1. The van der Waals surface area contributed by atoms with E-state index < -0.39 is 10.0 Å². The molecule has 0 bridgehead atoms. The van der Waals surface area contributed by atoms with E-state index in [2.05, 4.69) is 5.32 Å². The van der Waals surface area contributed by atoms with E-state index >= 15 is 0 Å². The molecule has 0 aliphatic carbocycles. The molecule has 1 aromatic carbocycles. The molecule has 0 fully saturated rings. The Balaban J connectivity index is 2.57. The van der Waals surface area contributed by atoms with Gasteiger partial charge in [0.05, 0.1) is 17.0 Å². The van der Waals surface area contributed by atoms with Gasteiger partial charge in [0.1, 0.15) is 0 Å². The maximum atomic E-state index is 11.9. The predicted octanol–water partition coefficient (Wildman–Crippen LogP) is 2.98. The van der Waals surface area contributed by atoms with Crippen LogP contribution in [0.4, 0.5) is 5.69 Å². The number of benzene rings is 1. The number of anilines is 1. The lowest BCUT2D eigenvalue weighted by molar-refractivity contribution is -0.116. The summed E-state index contributed by atoms with van der Waals surface area (Å²) in [5.74, 6) is 0.146. The number of halogens is 1. The second kappa shape index (κ2) is 8.50. The van der Waals surface area contributed by atoms with Gasteiger partial charge in [-0.1, -0.05) is 37.6 Å². The maximum Gasteiger partial charge on any atom is 0.225 e. The van der Waals surface area contributed by atoms with Crippen molar-refractivity contribution in [2.75, 3.05) is 24.7 Å². The van der Waals surface area contributed by atoms with Crippen LogP contribution in [-0.4, -0.2) is 38.0 Å². The molecule has 124 valence electrons. The summed E-state index contributed by atoms with van der Waals surface area (Å²) in [5.41, 5.74) is 0.530. The second-order valence-electron chi connectivity index (χ2n) is 5.62. The number of para-hydroxylation sites is 1. The average Bonchev–Trinajstić information content (AvgIpc) is 2.39. The Morgan fingerprint density at radius 3 is 2.45 bits per heavy atom. The monoisotopic (exact) mass is 346 g/mol. The first-order valence-electron chi connectivity index (χ1n) is 7.19. The Morgan fingerprint density at radius 1 is 1.27 bits per heavy atom. The minimum absolute atomic E-state index is 0.0936. The van der Waals surface area contributed by atoms with E-state index in [-0.39, 0.29) is 18.9 Å². The fraction of sp³-hybridized carbons (Fsp3) is 0.533. The van der Waals surface area contributed by atoms with E-state index in [9.17, 15) is 13.2 Å². The Bertz CT molecular complexity index is 603. The zero-order chi connectivity index (χ0) is 16.8. The van der Waals surface area contributed by atoms with Gasteiger partial charge in [0.25, 0.3) is 0 Å². The normalized spacial score (nSPS) is 11.9. The number of sulfonamides is 1. The standard InChI is InChI=1S/C15H23ClN2O3S/c1-12(2)8-10-18(22(3,20)21)11-9-15(19)17-14-7-5-4-6-13(14)16/h4-7,12H,8-11H2,1-3H3,(H,17,19). The van der Waals surface area contributed by atoms with Crippen molar-refractivity contribution in [1.82, 2.24) is 4.31 Å². The van der Waals surface area contributed by atoms with Crippen molar-refractivity contribution in [2.45, 2.75) is 26.7 Å². The molecule has 0 aliphatic heterocycles. The Morgan fingerprint density at radius 2 is 1.91 bits per heavy atom. The van der Waals surface area contributed by atoms with Crippen molar-refractivity contribution in [2.24, 2.45) is 5.92 Å². The van der Waals surface area contributed by atoms with Crippen molar-refractivity contribution in [1.29, 1.82) is 0 Å². The van der Waals surface area contributed by atoms with Crippen LogP contribution < -0.4 is 5.32 Å². The molecule has 1 amide bonds. The highest BCUT2D eigenvalue weighted by Gasteiger charge is 2.18. The molecule has 0 radical (unpaired) electrons. The number of rotatable bonds is 8. The zero-order valence-electron chi connectivity index (χ0n) is 13.2. The molecule has 0 saturated carbocycles. The Labute approximate surface area is 137 Å². The summed E-state index contributed by atoms with van der Waals surface area (Å²) >= 11 is 5.97. The minimum Gasteiger partial charge on any atom is -0.325 e. The molecule has 1 N–H and O–H groups in total. The van der Waals surface area contributed by atoms with Crippen LogP contribution >= 0.6 is 11.6 Å². The van der Waals surface area contributed by atoms with Gasteiger partial charge in [0, 0.05) is 19.5 Å². The number of hydrogen-bond acceptors (Lipinski definition) is 3. The molecule has 0 aromatic heterocycles. The third kappa shape index (κ3) is 6.77. The van der Waals surface area contributed by atoms with Crippen LogP contribution in [0.5, 0.6) is 0 Å². The SMILES string of the molecule is CC(C)CCN(CCC(=O)Nc1ccccc1Cl)S(C)(=O)=O. The van der Waals surface area contributed by atoms with Crippen molar-refractivity contribution < 1.29 is 13.2 Å². The number of nitrogens with zero attached hydrogens (tertiary/aromatic N) is 1. The number of carbonyl (C=O) groups excluding carboxylic acids is 1. The quantitative estimate of drug-likeness (QED) is 0.786. The smallest absolute Gasteiger partial charge is 0.225 e. The highest BCUT2D eigenvalue weighted by Crippen LogP contribution is 2.20. The summed E-state index contributed by atoms with van der Waals surface area (Å²) < 4.78 is 24.8. The summed E-state index contributed by atoms with van der Waals surface area (Å²) in [6, 6.07) is 6.93. The summed E-state index contributed by atoms with van der Waals surface area (Å²) in [5, 5.41) is 3.14. The second-order valence-corrected chi connectivity index (χ2v) is 8.01. The molecule has 0 saturated heterocycles. The highest BCUT2D eigenvalue weighted by molar-refractivity contribution is 7.88. The molecule has 0 heterocycles. The van der Waals surface area contributed by atoms with Crippen LogP contribution in [-0.2, 0) is 14.8 Å². The van der Waals surface area contributed by atoms with Crippen molar-refractivity contribution in [3.05, 3.63) is 29.3 Å². The molecule has 0 atom stereocenters. The molecular formula is C15H23ClN2O3S. The Kier molecular flexibility index (Phi) is 7.32. The molecule has 22 heavy (non-hydrogen) atoms. The average molecular weight is 347 g/mol. The van der Waals surface area contributed by atoms with Gasteiger partial charge >= 0.3 is 0 Å². The zero-order valence-corrected chi connectivity index (χ0v) is 14.7. The van der Waals surface area contributed by atoms with Crippen LogP contribution in [0.1, 0.15) is 26.7 Å². The third-order valence-corrected chi connectivity index (χ3v) is 4.79. The lowest BCUT2D eigenvalue weighted by atomic mass is 10.1. The van der Waals surface area contributed by atoms with E-state index in [0.29, 0.717) is 23.2 Å². The molecule has 1 rings (SSSR count). The molecule has 0 spiro atoms. The van der Waals surface area contributed by atoms with Crippen LogP contribution in [0.2, 0.25) is 5.02 Å². The third-order valence-electron chi connectivity index (χ3n) is 3.16. The minimum atomic E-state index is -3.31. The fourth-order valence-corrected chi connectivity index (χ4v) is 2.89. The van der Waals surface area contributed by atoms with E-state index in [4.69, 9.17) is 11.6 Å². The fourth-order valence-electron chi connectivity index (χ4n) is 1.85. The van der Waals surface area contributed by atoms with Crippen LogP contribution in [0.15, 0.2) is 24.3 Å². The summed E-state index contributed by atoms with van der Waals surface area (Å²) in [6.45, 7) is 4.66. The first-order valence-corrected chi connectivity index (χ1v) is 9.42. The van der Waals surface area contributed by atoms with Gasteiger partial charge in [0.2, 0.25) is 15.9 Å². The number of amides is 1.